The van der Waals surface area contributed by atoms with E-state index in [0.717, 1.165) is 38.5 Å². The number of ether oxygens (including phenoxy) is 2. The number of aliphatic hydroxyl groups is 5. The summed E-state index contributed by atoms with van der Waals surface area (Å²) in [5, 5.41) is 54.2. The molecule has 1 saturated heterocycles. The van der Waals surface area contributed by atoms with Crippen molar-refractivity contribution >= 4 is 5.91 Å². The summed E-state index contributed by atoms with van der Waals surface area (Å²) < 4.78 is 11.2. The zero-order valence-electron chi connectivity index (χ0n) is 32.4. The van der Waals surface area contributed by atoms with E-state index in [-0.39, 0.29) is 12.5 Å². The average molecular weight is 716 g/mol. The predicted octanol–water partition coefficient (Wildman–Crippen LogP) is 8.00. The van der Waals surface area contributed by atoms with Crippen LogP contribution in [0.4, 0.5) is 0 Å². The van der Waals surface area contributed by atoms with E-state index < -0.39 is 49.5 Å². The fraction of sp³-hybridized carbons (Fsp3) is 0.976. The van der Waals surface area contributed by atoms with Gasteiger partial charge in [0.15, 0.2) is 6.29 Å². The molecule has 1 fully saturated rings. The lowest BCUT2D eigenvalue weighted by atomic mass is 9.99. The standard InChI is InChI=1S/C41H81NO8/c1-3-5-7-9-11-13-15-16-17-18-19-21-22-24-26-28-30-35(44)34(33-49-41-40(48)39(47)38(46)36(32-43)50-41)42-37(45)31-29-27-25-23-20-14-12-10-8-6-4-2/h34-36,38-41,43-44,46-48H,3-33H2,1-2H3,(H,42,45). The summed E-state index contributed by atoms with van der Waals surface area (Å²) >= 11 is 0. The number of carbonyl (C=O) groups excluding carboxylic acids is 1. The third-order valence-electron chi connectivity index (χ3n) is 10.5. The molecule has 50 heavy (non-hydrogen) atoms. The highest BCUT2D eigenvalue weighted by Crippen LogP contribution is 2.23. The Hall–Kier alpha value is -0.810. The molecule has 0 bridgehead atoms. The lowest BCUT2D eigenvalue weighted by molar-refractivity contribution is -0.302. The van der Waals surface area contributed by atoms with Crippen molar-refractivity contribution in [2.24, 2.45) is 0 Å². The second kappa shape index (κ2) is 32.8. The van der Waals surface area contributed by atoms with Gasteiger partial charge < -0.3 is 40.3 Å². The van der Waals surface area contributed by atoms with Gasteiger partial charge in [0.05, 0.1) is 25.4 Å². The minimum Gasteiger partial charge on any atom is -0.394 e. The first-order valence-corrected chi connectivity index (χ1v) is 21.2. The highest BCUT2D eigenvalue weighted by Gasteiger charge is 2.44. The highest BCUT2D eigenvalue weighted by atomic mass is 16.7. The van der Waals surface area contributed by atoms with Crippen LogP contribution in [0.5, 0.6) is 0 Å². The molecule has 0 radical (unpaired) electrons. The van der Waals surface area contributed by atoms with Crippen LogP contribution in [0.25, 0.3) is 0 Å². The van der Waals surface area contributed by atoms with E-state index in [4.69, 9.17) is 9.47 Å². The van der Waals surface area contributed by atoms with Crippen LogP contribution in [0.3, 0.4) is 0 Å². The van der Waals surface area contributed by atoms with Crippen molar-refractivity contribution in [1.29, 1.82) is 0 Å². The number of aliphatic hydroxyl groups excluding tert-OH is 5. The van der Waals surface area contributed by atoms with Gasteiger partial charge >= 0.3 is 0 Å². The van der Waals surface area contributed by atoms with Crippen LogP contribution < -0.4 is 5.32 Å². The monoisotopic (exact) mass is 716 g/mol. The summed E-state index contributed by atoms with van der Waals surface area (Å²) in [6.45, 7) is 3.82. The smallest absolute Gasteiger partial charge is 0.220 e. The number of unbranched alkanes of at least 4 members (excludes halogenated alkanes) is 25. The third kappa shape index (κ3) is 23.7. The van der Waals surface area contributed by atoms with Crippen molar-refractivity contribution in [2.45, 2.75) is 243 Å². The fourth-order valence-corrected chi connectivity index (χ4v) is 6.98. The Morgan fingerprint density at radius 1 is 0.600 bits per heavy atom. The quantitative estimate of drug-likeness (QED) is 0.0362. The van der Waals surface area contributed by atoms with Crippen molar-refractivity contribution in [3.05, 3.63) is 0 Å². The number of hydrogen-bond acceptors (Lipinski definition) is 8. The molecule has 0 saturated carbocycles. The summed E-state index contributed by atoms with van der Waals surface area (Å²) in [4.78, 5) is 12.9. The van der Waals surface area contributed by atoms with Crippen molar-refractivity contribution in [1.82, 2.24) is 5.32 Å². The van der Waals surface area contributed by atoms with Gasteiger partial charge in [-0.25, -0.2) is 0 Å². The molecule has 0 aromatic carbocycles. The number of hydrogen-bond donors (Lipinski definition) is 6. The lowest BCUT2D eigenvalue weighted by Gasteiger charge is -2.40. The number of rotatable bonds is 35. The van der Waals surface area contributed by atoms with Gasteiger partial charge in [-0.1, -0.05) is 181 Å². The maximum absolute atomic E-state index is 12.9. The minimum atomic E-state index is -1.55. The molecular weight excluding hydrogens is 634 g/mol. The number of amides is 1. The molecule has 298 valence electrons. The van der Waals surface area contributed by atoms with Crippen LogP contribution in [0.2, 0.25) is 0 Å². The molecule has 1 aliphatic rings. The first kappa shape index (κ1) is 47.2. The minimum absolute atomic E-state index is 0.132. The van der Waals surface area contributed by atoms with Gasteiger partial charge in [0, 0.05) is 6.42 Å². The van der Waals surface area contributed by atoms with Crippen LogP contribution in [-0.2, 0) is 14.3 Å². The topological polar surface area (TPSA) is 149 Å². The van der Waals surface area contributed by atoms with E-state index in [1.54, 1.807) is 0 Å². The molecule has 6 N–H and O–H groups in total. The second-order valence-corrected chi connectivity index (χ2v) is 15.1. The van der Waals surface area contributed by atoms with E-state index in [1.807, 2.05) is 0 Å². The second-order valence-electron chi connectivity index (χ2n) is 15.1. The SMILES string of the molecule is CCCCCCCCCCCCCCCCCCC(O)C(COC1OC(CO)C(O)C(O)C1O)NC(=O)CCCCCCCCCCCCC. The summed E-state index contributed by atoms with van der Waals surface area (Å²) in [6, 6.07) is -0.709. The van der Waals surface area contributed by atoms with Gasteiger partial charge in [-0.2, -0.15) is 0 Å². The predicted molar refractivity (Wildman–Crippen MR) is 203 cm³/mol. The van der Waals surface area contributed by atoms with E-state index >= 15 is 0 Å². The molecule has 0 aliphatic carbocycles. The number of nitrogens with one attached hydrogen (secondary N) is 1. The largest absolute Gasteiger partial charge is 0.394 e. The van der Waals surface area contributed by atoms with Crippen LogP contribution in [0.1, 0.15) is 200 Å². The summed E-state index contributed by atoms with van der Waals surface area (Å²) in [5.74, 6) is -0.144. The van der Waals surface area contributed by atoms with Gasteiger partial charge in [0.1, 0.15) is 24.4 Å². The van der Waals surface area contributed by atoms with E-state index in [0.29, 0.717) is 12.8 Å². The van der Waals surface area contributed by atoms with E-state index in [9.17, 15) is 30.3 Å². The molecule has 1 aliphatic heterocycles. The van der Waals surface area contributed by atoms with Gasteiger partial charge in [-0.05, 0) is 12.8 Å². The maximum atomic E-state index is 12.9. The lowest BCUT2D eigenvalue weighted by Crippen LogP contribution is -2.60. The molecule has 1 heterocycles. The van der Waals surface area contributed by atoms with Crippen LogP contribution >= 0.6 is 0 Å². The van der Waals surface area contributed by atoms with Gasteiger partial charge in [0.25, 0.3) is 0 Å². The number of carbonyl (C=O) groups is 1. The first-order valence-electron chi connectivity index (χ1n) is 21.2. The Kier molecular flexibility index (Phi) is 31.0. The molecule has 0 spiro atoms. The Morgan fingerprint density at radius 3 is 1.42 bits per heavy atom. The normalized spacial score (nSPS) is 22.1. The summed E-state index contributed by atoms with van der Waals surface area (Å²) in [7, 11) is 0. The Labute approximate surface area is 306 Å². The zero-order valence-corrected chi connectivity index (χ0v) is 32.4. The fourth-order valence-electron chi connectivity index (χ4n) is 6.98. The molecule has 1 amide bonds. The van der Waals surface area contributed by atoms with E-state index in [2.05, 4.69) is 19.2 Å². The average Bonchev–Trinajstić information content (AvgIpc) is 3.11. The Bertz CT molecular complexity index is 756. The highest BCUT2D eigenvalue weighted by molar-refractivity contribution is 5.76. The maximum Gasteiger partial charge on any atom is 0.220 e. The van der Waals surface area contributed by atoms with Gasteiger partial charge in [-0.3, -0.25) is 4.79 Å². The van der Waals surface area contributed by atoms with Crippen LogP contribution in [0, 0.1) is 0 Å². The molecule has 9 nitrogen and oxygen atoms in total. The molecule has 0 aromatic rings. The zero-order chi connectivity index (χ0) is 36.7. The Morgan fingerprint density at radius 2 is 1.00 bits per heavy atom. The molecule has 7 atom stereocenters. The van der Waals surface area contributed by atoms with E-state index in [1.165, 1.54) is 135 Å². The molecule has 7 unspecified atom stereocenters. The van der Waals surface area contributed by atoms with Crippen LogP contribution in [0.15, 0.2) is 0 Å². The van der Waals surface area contributed by atoms with Crippen molar-refractivity contribution in [3.8, 4) is 0 Å². The van der Waals surface area contributed by atoms with Crippen molar-refractivity contribution < 1.29 is 39.8 Å². The first-order chi connectivity index (χ1) is 24.3. The van der Waals surface area contributed by atoms with Gasteiger partial charge in [-0.15, -0.1) is 0 Å². The van der Waals surface area contributed by atoms with Crippen molar-refractivity contribution in [2.75, 3.05) is 13.2 Å². The summed E-state index contributed by atoms with van der Waals surface area (Å²) in [6.07, 6.45) is 26.8. The van der Waals surface area contributed by atoms with Gasteiger partial charge in [0.2, 0.25) is 5.91 Å². The van der Waals surface area contributed by atoms with Crippen molar-refractivity contribution in [3.63, 3.8) is 0 Å². The molecule has 1 rings (SSSR count). The van der Waals surface area contributed by atoms with Crippen LogP contribution in [-0.4, -0.2) is 87.5 Å². The molecule has 0 aromatic heterocycles. The Balaban J connectivity index is 2.36. The molecule has 9 heteroatoms. The third-order valence-corrected chi connectivity index (χ3v) is 10.5. The molecular formula is C41H81NO8. The summed E-state index contributed by atoms with van der Waals surface area (Å²) in [5.41, 5.74) is 0.